The van der Waals surface area contributed by atoms with Gasteiger partial charge in [0.05, 0.1) is 0 Å². The minimum absolute atomic E-state index is 0.644. The van der Waals surface area contributed by atoms with E-state index in [0.29, 0.717) is 0 Å². The fourth-order valence-electron chi connectivity index (χ4n) is 0.548. The molecule has 9 heavy (non-hydrogen) atoms. The molecule has 0 fully saturated rings. The van der Waals surface area contributed by atoms with Crippen molar-refractivity contribution in [2.24, 2.45) is 0 Å². The predicted octanol–water partition coefficient (Wildman–Crippen LogP) is 2.02. The van der Waals surface area contributed by atoms with Crippen molar-refractivity contribution < 1.29 is 12.9 Å². The zero-order chi connectivity index (χ0) is 6.91. The molecule has 0 N–H and O–H groups in total. The highest BCUT2D eigenvalue weighted by atomic mass is 19.4. The third kappa shape index (κ3) is 1.27. The molecule has 0 bridgehead atoms. The van der Waals surface area contributed by atoms with Gasteiger partial charge in [0.15, 0.2) is 0 Å². The summed E-state index contributed by atoms with van der Waals surface area (Å²) >= 11 is 0. The lowest BCUT2D eigenvalue weighted by atomic mass is 9.81. The van der Waals surface area contributed by atoms with Crippen LogP contribution in [0.3, 0.4) is 0 Å². The average Bonchev–Trinajstić information content (AvgIpc) is 2.08. The number of halogens is 3. The highest BCUT2D eigenvalue weighted by molar-refractivity contribution is 6.67. The van der Waals surface area contributed by atoms with E-state index in [1.807, 2.05) is 0 Å². The zero-order valence-electron chi connectivity index (χ0n) is 4.44. The fourth-order valence-corrected chi connectivity index (χ4v) is 0.548. The van der Waals surface area contributed by atoms with Gasteiger partial charge in [0.2, 0.25) is 0 Å². The molecule has 1 aliphatic carbocycles. The van der Waals surface area contributed by atoms with E-state index in [0.717, 1.165) is 6.08 Å². The predicted molar refractivity (Wildman–Crippen MR) is 29.8 cm³/mol. The lowest BCUT2D eigenvalue weighted by molar-refractivity contribution is 0.493. The molecule has 4 heteroatoms. The Morgan fingerprint density at radius 3 is 2.22 bits per heavy atom. The molecule has 1 aliphatic rings. The van der Waals surface area contributed by atoms with Gasteiger partial charge < -0.3 is 12.9 Å². The van der Waals surface area contributed by atoms with Gasteiger partial charge in [0.1, 0.15) is 0 Å². The Hall–Kier alpha value is -0.885. The molecule has 0 amide bonds. The molecule has 0 nitrogen and oxygen atoms in total. The lowest BCUT2D eigenvalue weighted by Gasteiger charge is -2.11. The molecule has 0 atom stereocenters. The molecule has 0 heterocycles. The molecule has 0 aromatic heterocycles. The van der Waals surface area contributed by atoms with Crippen molar-refractivity contribution in [2.45, 2.75) is 0 Å². The fraction of sp³-hybridized carbons (Fsp3) is 0. The number of rotatable bonds is 1. The first-order valence-corrected chi connectivity index (χ1v) is 2.44. The van der Waals surface area contributed by atoms with Crippen LogP contribution in [0.2, 0.25) is 0 Å². The van der Waals surface area contributed by atoms with Gasteiger partial charge in [-0.1, -0.05) is 17.6 Å². The molecule has 1 rings (SSSR count). The maximum Gasteiger partial charge on any atom is 0.517 e. The minimum Gasteiger partial charge on any atom is -0.444 e. The van der Waals surface area contributed by atoms with Crippen LogP contribution < -0.4 is 0 Å². The van der Waals surface area contributed by atoms with Gasteiger partial charge in [-0.25, -0.2) is 0 Å². The maximum absolute atomic E-state index is 11.7. The van der Waals surface area contributed by atoms with E-state index in [1.165, 1.54) is 12.2 Å². The Bertz CT molecular complexity index is 205. The Kier molecular flexibility index (Phi) is 1.26. The summed E-state index contributed by atoms with van der Waals surface area (Å²) in [7, 11) is 0. The standard InChI is InChI=1S/C5H3BF3/c7-6(8,9)5-3-1-2-4-5/h1-3H/q-1. The van der Waals surface area contributed by atoms with E-state index in [-0.39, 0.29) is 0 Å². The normalized spacial score (nSPS) is 16.6. The summed E-state index contributed by atoms with van der Waals surface area (Å²) < 4.78 is 35.0. The van der Waals surface area contributed by atoms with Gasteiger partial charge in [0, 0.05) is 0 Å². The van der Waals surface area contributed by atoms with Crippen molar-refractivity contribution in [3.8, 4) is 0 Å². The Labute approximate surface area is 50.4 Å². The molecular weight excluding hydrogens is 128 g/mol. The van der Waals surface area contributed by atoms with Gasteiger partial charge in [0.25, 0.3) is 0 Å². The van der Waals surface area contributed by atoms with Crippen molar-refractivity contribution in [1.29, 1.82) is 0 Å². The highest BCUT2D eigenvalue weighted by Crippen LogP contribution is 2.21. The first-order chi connectivity index (χ1) is 4.11. The van der Waals surface area contributed by atoms with E-state index < -0.39 is 12.4 Å². The summed E-state index contributed by atoms with van der Waals surface area (Å²) in [6.07, 6.45) is 3.59. The van der Waals surface area contributed by atoms with E-state index in [9.17, 15) is 12.9 Å². The molecule has 0 unspecified atom stereocenters. The van der Waals surface area contributed by atoms with Crippen molar-refractivity contribution in [3.05, 3.63) is 29.4 Å². The molecule has 0 aromatic rings. The first kappa shape index (κ1) is 6.24. The molecule has 0 aliphatic heterocycles. The van der Waals surface area contributed by atoms with Crippen molar-refractivity contribution >= 4 is 6.98 Å². The van der Waals surface area contributed by atoms with Crippen LogP contribution in [-0.2, 0) is 0 Å². The first-order valence-electron chi connectivity index (χ1n) is 2.44. The largest absolute Gasteiger partial charge is 0.517 e. The maximum atomic E-state index is 11.7. The smallest absolute Gasteiger partial charge is 0.444 e. The number of hydrogen-bond acceptors (Lipinski definition) is 0. The van der Waals surface area contributed by atoms with Crippen LogP contribution >= 0.6 is 0 Å². The van der Waals surface area contributed by atoms with E-state index in [2.05, 4.69) is 5.73 Å². The summed E-state index contributed by atoms with van der Waals surface area (Å²) in [6.45, 7) is -4.82. The van der Waals surface area contributed by atoms with E-state index in [1.54, 1.807) is 0 Å². The number of hydrogen-bond donors (Lipinski definition) is 0. The van der Waals surface area contributed by atoms with Crippen LogP contribution in [0, 0.1) is 0 Å². The van der Waals surface area contributed by atoms with Crippen LogP contribution in [0.15, 0.2) is 29.4 Å². The van der Waals surface area contributed by atoms with Crippen LogP contribution in [0.1, 0.15) is 0 Å². The monoisotopic (exact) mass is 131 g/mol. The van der Waals surface area contributed by atoms with Crippen LogP contribution in [0.25, 0.3) is 0 Å². The number of allylic oxidation sites excluding steroid dienone is 3. The second-order valence-corrected chi connectivity index (χ2v) is 1.70. The van der Waals surface area contributed by atoms with Gasteiger partial charge in [-0.3, -0.25) is 0 Å². The SMILES string of the molecule is F[B-](F)(F)C1=C=CC=C1. The summed E-state index contributed by atoms with van der Waals surface area (Å²) in [4.78, 5) is 0. The van der Waals surface area contributed by atoms with E-state index >= 15 is 0 Å². The Morgan fingerprint density at radius 2 is 2.00 bits per heavy atom. The lowest BCUT2D eigenvalue weighted by Crippen LogP contribution is -2.16. The zero-order valence-corrected chi connectivity index (χ0v) is 4.44. The van der Waals surface area contributed by atoms with Crippen molar-refractivity contribution in [2.75, 3.05) is 0 Å². The van der Waals surface area contributed by atoms with E-state index in [4.69, 9.17) is 0 Å². The minimum atomic E-state index is -4.82. The summed E-state index contributed by atoms with van der Waals surface area (Å²) in [5.41, 5.74) is 1.44. The molecular formula is C5H3BF3-. The Morgan fingerprint density at radius 1 is 1.33 bits per heavy atom. The topological polar surface area (TPSA) is 0 Å². The molecule has 0 aromatic carbocycles. The molecule has 0 radical (unpaired) electrons. The van der Waals surface area contributed by atoms with Gasteiger partial charge in [-0.05, 0) is 6.08 Å². The summed E-state index contributed by atoms with van der Waals surface area (Å²) in [5.74, 6) is 0. The van der Waals surface area contributed by atoms with Gasteiger partial charge >= 0.3 is 6.98 Å². The van der Waals surface area contributed by atoms with Crippen LogP contribution in [-0.4, -0.2) is 6.98 Å². The molecule has 0 saturated heterocycles. The highest BCUT2D eigenvalue weighted by Gasteiger charge is 2.26. The third-order valence-corrected chi connectivity index (χ3v) is 0.975. The average molecular weight is 131 g/mol. The van der Waals surface area contributed by atoms with Crippen LogP contribution in [0.4, 0.5) is 12.9 Å². The summed E-state index contributed by atoms with van der Waals surface area (Å²) in [6, 6.07) is 0. The quantitative estimate of drug-likeness (QED) is 0.377. The van der Waals surface area contributed by atoms with Gasteiger partial charge in [-0.15, -0.1) is 0 Å². The molecule has 0 saturated carbocycles. The second kappa shape index (κ2) is 1.81. The van der Waals surface area contributed by atoms with Crippen molar-refractivity contribution in [3.63, 3.8) is 0 Å². The molecule has 48 valence electrons. The third-order valence-electron chi connectivity index (χ3n) is 0.975. The van der Waals surface area contributed by atoms with Gasteiger partial charge in [-0.2, -0.15) is 5.73 Å². The van der Waals surface area contributed by atoms with Crippen molar-refractivity contribution in [1.82, 2.24) is 0 Å². The van der Waals surface area contributed by atoms with Crippen LogP contribution in [0.5, 0.6) is 0 Å². The summed E-state index contributed by atoms with van der Waals surface area (Å²) in [5, 5.41) is 0. The molecule has 0 spiro atoms. The Balaban J connectivity index is 2.88. The second-order valence-electron chi connectivity index (χ2n) is 1.70.